The van der Waals surface area contributed by atoms with E-state index >= 15 is 0 Å². The second-order valence-electron chi connectivity index (χ2n) is 13.3. The lowest BCUT2D eigenvalue weighted by Crippen LogP contribution is -2.16. The van der Waals surface area contributed by atoms with E-state index in [-0.39, 0.29) is 5.41 Å². The Morgan fingerprint density at radius 1 is 0.479 bits per heavy atom. The summed E-state index contributed by atoms with van der Waals surface area (Å²) in [5, 5.41) is 4.90. The van der Waals surface area contributed by atoms with Gasteiger partial charge in [-0.25, -0.2) is 0 Å². The number of anilines is 3. The predicted molar refractivity (Wildman–Crippen MR) is 204 cm³/mol. The summed E-state index contributed by atoms with van der Waals surface area (Å²) in [6.45, 7) is 4.69. The number of nitrogens with zero attached hydrogens (tertiary/aromatic N) is 1. The number of furan rings is 1. The van der Waals surface area contributed by atoms with E-state index in [1.165, 1.54) is 53.6 Å². The van der Waals surface area contributed by atoms with Crippen molar-refractivity contribution in [3.63, 3.8) is 0 Å². The molecule has 0 saturated heterocycles. The van der Waals surface area contributed by atoms with Crippen LogP contribution in [0.2, 0.25) is 0 Å². The molecule has 0 atom stereocenters. The van der Waals surface area contributed by atoms with Gasteiger partial charge >= 0.3 is 0 Å². The summed E-state index contributed by atoms with van der Waals surface area (Å²) in [4.78, 5) is 2.39. The zero-order valence-electron chi connectivity index (χ0n) is 26.7. The molecule has 0 amide bonds. The molecule has 1 aliphatic carbocycles. The highest BCUT2D eigenvalue weighted by Crippen LogP contribution is 2.51. The summed E-state index contributed by atoms with van der Waals surface area (Å²) in [7, 11) is 0. The minimum atomic E-state index is -0.0922. The fourth-order valence-electron chi connectivity index (χ4n) is 7.90. The first-order valence-electron chi connectivity index (χ1n) is 16.5. The van der Waals surface area contributed by atoms with Gasteiger partial charge in [0.15, 0.2) is 0 Å². The first-order chi connectivity index (χ1) is 23.5. The molecule has 2 aromatic heterocycles. The lowest BCUT2D eigenvalue weighted by Gasteiger charge is -2.28. The van der Waals surface area contributed by atoms with Crippen LogP contribution >= 0.6 is 11.3 Å². The Labute approximate surface area is 283 Å². The average Bonchev–Trinajstić information content (AvgIpc) is 3.77. The molecule has 0 N–H and O–H groups in total. The summed E-state index contributed by atoms with van der Waals surface area (Å²) < 4.78 is 8.89. The summed E-state index contributed by atoms with van der Waals surface area (Å²) in [5.74, 6) is 0. The van der Waals surface area contributed by atoms with E-state index in [1.54, 1.807) is 0 Å². The Kier molecular flexibility index (Phi) is 5.82. The topological polar surface area (TPSA) is 16.4 Å². The molecule has 0 fully saturated rings. The SMILES string of the molecule is CC1(C)c2ccccc2-c2ccc(N(c3ccc(-c4cccc5c4sc4ccccc45)cc3)c3ccc4oc5ccccc5c4c3)cc21. The summed E-state index contributed by atoms with van der Waals surface area (Å²) in [5.41, 5.74) is 13.0. The van der Waals surface area contributed by atoms with Crippen molar-refractivity contribution in [1.82, 2.24) is 0 Å². The van der Waals surface area contributed by atoms with Gasteiger partial charge in [-0.15, -0.1) is 11.3 Å². The lowest BCUT2D eigenvalue weighted by molar-refractivity contribution is 0.660. The minimum absolute atomic E-state index is 0.0922. The maximum Gasteiger partial charge on any atom is 0.135 e. The van der Waals surface area contributed by atoms with E-state index in [0.29, 0.717) is 0 Å². The van der Waals surface area contributed by atoms with Crippen LogP contribution in [0, 0.1) is 0 Å². The highest BCUT2D eigenvalue weighted by Gasteiger charge is 2.35. The molecular formula is C45H31NOS. The van der Waals surface area contributed by atoms with Crippen molar-refractivity contribution in [3.05, 3.63) is 163 Å². The Hall–Kier alpha value is -5.64. The highest BCUT2D eigenvalue weighted by molar-refractivity contribution is 7.26. The van der Waals surface area contributed by atoms with E-state index in [9.17, 15) is 0 Å². The van der Waals surface area contributed by atoms with Crippen LogP contribution < -0.4 is 4.90 Å². The fourth-order valence-corrected chi connectivity index (χ4v) is 9.13. The molecule has 0 spiro atoms. The zero-order valence-corrected chi connectivity index (χ0v) is 27.5. The molecular weight excluding hydrogens is 603 g/mol. The Morgan fingerprint density at radius 2 is 1.12 bits per heavy atom. The molecule has 0 unspecified atom stereocenters. The van der Waals surface area contributed by atoms with E-state index in [0.717, 1.165) is 39.0 Å². The van der Waals surface area contributed by atoms with Crippen LogP contribution in [0.1, 0.15) is 25.0 Å². The van der Waals surface area contributed by atoms with E-state index in [2.05, 4.69) is 158 Å². The number of fused-ring (bicyclic) bond motifs is 9. The van der Waals surface area contributed by atoms with Crippen LogP contribution in [0.3, 0.4) is 0 Å². The van der Waals surface area contributed by atoms with Crippen molar-refractivity contribution in [3.8, 4) is 22.3 Å². The molecule has 7 aromatic carbocycles. The maximum atomic E-state index is 6.23. The van der Waals surface area contributed by atoms with Gasteiger partial charge in [0, 0.05) is 53.4 Å². The summed E-state index contributed by atoms with van der Waals surface area (Å²) in [6.07, 6.45) is 0. The fraction of sp³-hybridized carbons (Fsp3) is 0.0667. The van der Waals surface area contributed by atoms with Crippen molar-refractivity contribution in [1.29, 1.82) is 0 Å². The van der Waals surface area contributed by atoms with Crippen molar-refractivity contribution < 1.29 is 4.42 Å². The van der Waals surface area contributed by atoms with Crippen LogP contribution in [-0.4, -0.2) is 0 Å². The average molecular weight is 634 g/mol. The molecule has 2 nitrogen and oxygen atoms in total. The van der Waals surface area contributed by atoms with Gasteiger partial charge in [-0.3, -0.25) is 0 Å². The van der Waals surface area contributed by atoms with Crippen LogP contribution in [0.25, 0.3) is 64.4 Å². The molecule has 1 aliphatic rings. The third kappa shape index (κ3) is 3.98. The molecule has 48 heavy (non-hydrogen) atoms. The zero-order chi connectivity index (χ0) is 32.0. The van der Waals surface area contributed by atoms with Gasteiger partial charge < -0.3 is 9.32 Å². The predicted octanol–water partition coefficient (Wildman–Crippen LogP) is 13.4. The van der Waals surface area contributed by atoms with Gasteiger partial charge in [-0.2, -0.15) is 0 Å². The first kappa shape index (κ1) is 27.5. The van der Waals surface area contributed by atoms with Gasteiger partial charge in [0.25, 0.3) is 0 Å². The van der Waals surface area contributed by atoms with Crippen molar-refractivity contribution in [2.45, 2.75) is 19.3 Å². The monoisotopic (exact) mass is 633 g/mol. The normalized spacial score (nSPS) is 13.4. The Morgan fingerprint density at radius 3 is 2.02 bits per heavy atom. The van der Waals surface area contributed by atoms with Crippen LogP contribution in [0.5, 0.6) is 0 Å². The Balaban J connectivity index is 1.14. The van der Waals surface area contributed by atoms with E-state index in [4.69, 9.17) is 4.42 Å². The number of para-hydroxylation sites is 1. The molecule has 9 aromatic rings. The highest BCUT2D eigenvalue weighted by atomic mass is 32.1. The van der Waals surface area contributed by atoms with Gasteiger partial charge in [-0.1, -0.05) is 111 Å². The van der Waals surface area contributed by atoms with Crippen molar-refractivity contribution >= 4 is 70.5 Å². The second kappa shape index (κ2) is 10.2. The molecule has 228 valence electrons. The minimum Gasteiger partial charge on any atom is -0.456 e. The van der Waals surface area contributed by atoms with Crippen molar-refractivity contribution in [2.24, 2.45) is 0 Å². The second-order valence-corrected chi connectivity index (χ2v) is 14.4. The molecule has 0 bridgehead atoms. The van der Waals surface area contributed by atoms with Crippen LogP contribution in [-0.2, 0) is 5.41 Å². The first-order valence-corrected chi connectivity index (χ1v) is 17.3. The van der Waals surface area contributed by atoms with E-state index < -0.39 is 0 Å². The molecule has 0 radical (unpaired) electrons. The van der Waals surface area contributed by atoms with Crippen LogP contribution in [0.4, 0.5) is 17.1 Å². The number of thiophene rings is 1. The number of hydrogen-bond acceptors (Lipinski definition) is 3. The number of hydrogen-bond donors (Lipinski definition) is 0. The van der Waals surface area contributed by atoms with Crippen LogP contribution in [0.15, 0.2) is 156 Å². The quantitative estimate of drug-likeness (QED) is 0.192. The lowest BCUT2D eigenvalue weighted by atomic mass is 9.82. The van der Waals surface area contributed by atoms with E-state index in [1.807, 2.05) is 23.5 Å². The molecule has 3 heteroatoms. The molecule has 2 heterocycles. The molecule has 0 saturated carbocycles. The smallest absolute Gasteiger partial charge is 0.135 e. The number of benzene rings is 7. The van der Waals surface area contributed by atoms with Crippen molar-refractivity contribution in [2.75, 3.05) is 4.90 Å². The molecule has 10 rings (SSSR count). The summed E-state index contributed by atoms with van der Waals surface area (Å²) in [6, 6.07) is 55.2. The third-order valence-corrected chi connectivity index (χ3v) is 11.5. The third-order valence-electron chi connectivity index (χ3n) is 10.3. The number of rotatable bonds is 4. The summed E-state index contributed by atoms with van der Waals surface area (Å²) >= 11 is 1.88. The standard InChI is InChI=1S/C45H31NOS/c1-45(2)39-15-6-3-10-33(39)34-24-22-31(27-40(34)45)46(30-23-25-42-38(26-30)35-11-4-7-16-41(35)47-42)29-20-18-28(19-21-29)32-13-9-14-37-36-12-5-8-17-43(36)48-44(32)37/h3-27H,1-2H3. The van der Waals surface area contributed by atoms with Gasteiger partial charge in [0.2, 0.25) is 0 Å². The van der Waals surface area contributed by atoms with Gasteiger partial charge in [-0.05, 0) is 88.0 Å². The molecule has 0 aliphatic heterocycles. The van der Waals surface area contributed by atoms with Gasteiger partial charge in [0.05, 0.1) is 0 Å². The maximum absolute atomic E-state index is 6.23. The largest absolute Gasteiger partial charge is 0.456 e. The Bertz CT molecular complexity index is 2710. The van der Waals surface area contributed by atoms with Gasteiger partial charge in [0.1, 0.15) is 11.2 Å².